The molecule has 0 radical (unpaired) electrons. The van der Waals surface area contributed by atoms with Crippen molar-refractivity contribution in [3.8, 4) is 0 Å². The summed E-state index contributed by atoms with van der Waals surface area (Å²) in [5.41, 5.74) is -0.335. The summed E-state index contributed by atoms with van der Waals surface area (Å²) in [5, 5.41) is 2.32. The summed E-state index contributed by atoms with van der Waals surface area (Å²) >= 11 is 0. The van der Waals surface area contributed by atoms with Crippen LogP contribution in [-0.4, -0.2) is 44.9 Å². The van der Waals surface area contributed by atoms with E-state index in [-0.39, 0.29) is 18.4 Å². The first kappa shape index (κ1) is 12.2. The fraction of sp³-hybridized carbons (Fsp3) is 0.462. The fourth-order valence-corrected chi connectivity index (χ4v) is 3.26. The molecule has 2 bridgehead atoms. The highest BCUT2D eigenvalue weighted by Gasteiger charge is 2.64. The lowest BCUT2D eigenvalue weighted by Gasteiger charge is -2.52. The van der Waals surface area contributed by atoms with Gasteiger partial charge in [0.25, 0.3) is 5.91 Å². The topological polar surface area (TPSA) is 101 Å². The van der Waals surface area contributed by atoms with E-state index in [0.717, 1.165) is 0 Å². The first-order chi connectivity index (χ1) is 10.1. The van der Waals surface area contributed by atoms with Crippen LogP contribution in [0.2, 0.25) is 0 Å². The number of carbonyl (C=O) groups excluding carboxylic acids is 3. The van der Waals surface area contributed by atoms with Gasteiger partial charge < -0.3 is 4.74 Å². The zero-order valence-corrected chi connectivity index (χ0v) is 11.0. The van der Waals surface area contributed by atoms with E-state index in [9.17, 15) is 14.4 Å². The first-order valence-corrected chi connectivity index (χ1v) is 6.70. The molecule has 3 saturated heterocycles. The van der Waals surface area contributed by atoms with Crippen molar-refractivity contribution in [2.75, 3.05) is 6.54 Å². The molecule has 4 aliphatic rings. The molecular formula is C13H12N4O4. The Morgan fingerprint density at radius 1 is 1.33 bits per heavy atom. The molecule has 1 saturated carbocycles. The van der Waals surface area contributed by atoms with Crippen LogP contribution in [0.25, 0.3) is 0 Å². The van der Waals surface area contributed by atoms with Crippen molar-refractivity contribution < 1.29 is 19.1 Å². The number of carbonyl (C=O) groups is 3. The highest BCUT2D eigenvalue weighted by atomic mass is 16.6. The van der Waals surface area contributed by atoms with Crippen molar-refractivity contribution in [2.45, 2.75) is 24.5 Å². The molecule has 1 aromatic heterocycles. The first-order valence-electron chi connectivity index (χ1n) is 6.70. The largest absolute Gasteiger partial charge is 0.438 e. The molecule has 1 atom stereocenters. The number of amides is 3. The molecule has 21 heavy (non-hydrogen) atoms. The fourth-order valence-electron chi connectivity index (χ4n) is 3.26. The molecule has 3 amide bonds. The number of imide groups is 1. The number of piperidine rings is 2. The van der Waals surface area contributed by atoms with E-state index in [0.29, 0.717) is 18.5 Å². The minimum absolute atomic E-state index is 0.186. The van der Waals surface area contributed by atoms with Crippen LogP contribution in [0.3, 0.4) is 0 Å². The van der Waals surface area contributed by atoms with Crippen molar-refractivity contribution in [2.24, 2.45) is 5.92 Å². The van der Waals surface area contributed by atoms with Gasteiger partial charge in [-0.1, -0.05) is 0 Å². The molecule has 1 aromatic rings. The molecule has 3 aliphatic heterocycles. The van der Waals surface area contributed by atoms with Crippen LogP contribution < -0.4 is 5.32 Å². The van der Waals surface area contributed by atoms with E-state index in [2.05, 4.69) is 15.3 Å². The highest BCUT2D eigenvalue weighted by Crippen LogP contribution is 2.48. The zero-order chi connectivity index (χ0) is 14.6. The lowest BCUT2D eigenvalue weighted by Crippen LogP contribution is -2.73. The van der Waals surface area contributed by atoms with Gasteiger partial charge in [0.15, 0.2) is 6.10 Å². The summed E-state index contributed by atoms with van der Waals surface area (Å²) in [6.45, 7) is 0.254. The van der Waals surface area contributed by atoms with E-state index in [1.165, 1.54) is 11.2 Å². The maximum Gasteiger partial charge on any atom is 0.411 e. The van der Waals surface area contributed by atoms with E-state index in [1.54, 1.807) is 12.3 Å². The van der Waals surface area contributed by atoms with E-state index < -0.39 is 23.6 Å². The zero-order valence-electron chi connectivity index (χ0n) is 11.0. The lowest BCUT2D eigenvalue weighted by atomic mass is 9.63. The molecule has 1 aliphatic carbocycles. The Morgan fingerprint density at radius 2 is 2.14 bits per heavy atom. The van der Waals surface area contributed by atoms with Crippen molar-refractivity contribution in [3.63, 3.8) is 0 Å². The molecular weight excluding hydrogens is 276 g/mol. The summed E-state index contributed by atoms with van der Waals surface area (Å²) in [6, 6.07) is 1.67. The number of cyclic esters (lactones) is 1. The standard InChI is InChI=1S/C13H12N4O4/c18-10-7-3-13(4-7,11(19)16-10)17-5-9(21-12(17)20)8-1-2-14-6-15-8/h1-2,6-7,9H,3-5H2,(H,16,18,19). The Balaban J connectivity index is 1.59. The molecule has 8 heteroatoms. The van der Waals surface area contributed by atoms with Gasteiger partial charge in [-0.25, -0.2) is 14.8 Å². The van der Waals surface area contributed by atoms with Crippen molar-refractivity contribution in [1.29, 1.82) is 0 Å². The molecule has 0 aromatic carbocycles. The number of ether oxygens (including phenoxy) is 1. The van der Waals surface area contributed by atoms with E-state index >= 15 is 0 Å². The van der Waals surface area contributed by atoms with E-state index in [4.69, 9.17) is 4.74 Å². The highest BCUT2D eigenvalue weighted by molar-refractivity contribution is 6.08. The summed E-state index contributed by atoms with van der Waals surface area (Å²) < 4.78 is 5.31. The van der Waals surface area contributed by atoms with Gasteiger partial charge in [-0.2, -0.15) is 0 Å². The maximum absolute atomic E-state index is 12.1. The quantitative estimate of drug-likeness (QED) is 0.755. The summed E-state index contributed by atoms with van der Waals surface area (Å²) in [4.78, 5) is 45.0. The number of nitrogens with one attached hydrogen (secondary N) is 1. The summed E-state index contributed by atoms with van der Waals surface area (Å²) in [6.07, 6.45) is 2.66. The second kappa shape index (κ2) is 4.00. The van der Waals surface area contributed by atoms with Gasteiger partial charge in [0, 0.05) is 12.1 Å². The van der Waals surface area contributed by atoms with Crippen molar-refractivity contribution in [3.05, 3.63) is 24.3 Å². The monoisotopic (exact) mass is 288 g/mol. The predicted octanol–water partition coefficient (Wildman–Crippen LogP) is -0.225. The third-order valence-corrected chi connectivity index (χ3v) is 4.46. The minimum Gasteiger partial charge on any atom is -0.438 e. The smallest absolute Gasteiger partial charge is 0.411 e. The van der Waals surface area contributed by atoms with Gasteiger partial charge >= 0.3 is 6.09 Å². The SMILES string of the molecule is O=C1NC(=O)C2(N3CC(c4ccncn4)OC3=O)CC1C2. The minimum atomic E-state index is -0.933. The van der Waals surface area contributed by atoms with Crippen LogP contribution in [0.1, 0.15) is 24.6 Å². The Hall–Kier alpha value is -2.51. The van der Waals surface area contributed by atoms with E-state index in [1.807, 2.05) is 0 Å². The Labute approximate surface area is 119 Å². The summed E-state index contributed by atoms with van der Waals surface area (Å²) in [7, 11) is 0. The van der Waals surface area contributed by atoms with Crippen LogP contribution >= 0.6 is 0 Å². The van der Waals surface area contributed by atoms with Crippen LogP contribution in [0.15, 0.2) is 18.6 Å². The Morgan fingerprint density at radius 3 is 2.81 bits per heavy atom. The van der Waals surface area contributed by atoms with Gasteiger partial charge in [0.2, 0.25) is 5.91 Å². The van der Waals surface area contributed by atoms with Gasteiger partial charge in [0.1, 0.15) is 11.9 Å². The lowest BCUT2D eigenvalue weighted by molar-refractivity contribution is -0.159. The second-order valence-electron chi connectivity index (χ2n) is 5.57. The molecule has 8 nitrogen and oxygen atoms in total. The van der Waals surface area contributed by atoms with Crippen molar-refractivity contribution in [1.82, 2.24) is 20.2 Å². The molecule has 108 valence electrons. The van der Waals surface area contributed by atoms with Gasteiger partial charge in [-0.05, 0) is 18.9 Å². The predicted molar refractivity (Wildman–Crippen MR) is 66.6 cm³/mol. The van der Waals surface area contributed by atoms with Crippen LogP contribution in [0.5, 0.6) is 0 Å². The summed E-state index contributed by atoms with van der Waals surface area (Å²) in [5.74, 6) is -0.842. The number of hydrogen-bond acceptors (Lipinski definition) is 6. The second-order valence-corrected chi connectivity index (χ2v) is 5.57. The Kier molecular flexibility index (Phi) is 2.33. The van der Waals surface area contributed by atoms with Gasteiger partial charge in [0.05, 0.1) is 12.2 Å². The van der Waals surface area contributed by atoms with Gasteiger partial charge in [-0.3, -0.25) is 19.8 Å². The third-order valence-electron chi connectivity index (χ3n) is 4.46. The Bertz CT molecular complexity index is 641. The molecule has 0 spiro atoms. The average Bonchev–Trinajstić information content (AvgIpc) is 2.81. The average molecular weight is 288 g/mol. The van der Waals surface area contributed by atoms with Crippen molar-refractivity contribution >= 4 is 17.9 Å². The molecule has 4 heterocycles. The molecule has 4 fully saturated rings. The number of aromatic nitrogens is 2. The van der Waals surface area contributed by atoms with Crippen LogP contribution in [-0.2, 0) is 14.3 Å². The van der Waals surface area contributed by atoms with Crippen LogP contribution in [0, 0.1) is 5.92 Å². The number of hydrogen-bond donors (Lipinski definition) is 1. The normalized spacial score (nSPS) is 34.3. The molecule has 1 N–H and O–H groups in total. The number of nitrogens with zero attached hydrogens (tertiary/aromatic N) is 3. The van der Waals surface area contributed by atoms with Gasteiger partial charge in [-0.15, -0.1) is 0 Å². The number of fused-ring (bicyclic) bond motifs is 2. The third kappa shape index (κ3) is 1.58. The number of rotatable bonds is 2. The maximum atomic E-state index is 12.1. The van der Waals surface area contributed by atoms with Crippen LogP contribution in [0.4, 0.5) is 4.79 Å². The molecule has 5 rings (SSSR count). The molecule has 1 unspecified atom stereocenters.